The number of fused-ring (bicyclic) bond motifs is 3. The van der Waals surface area contributed by atoms with Crippen LogP contribution in [0.3, 0.4) is 0 Å². The number of aromatic nitrogens is 1. The normalized spacial score (nSPS) is 21.3. The maximum Gasteiger partial charge on any atom is 0.228 e. The van der Waals surface area contributed by atoms with Gasteiger partial charge in [0.1, 0.15) is 0 Å². The van der Waals surface area contributed by atoms with Gasteiger partial charge in [-0.3, -0.25) is 9.69 Å². The lowest BCUT2D eigenvalue weighted by Gasteiger charge is -2.38. The first-order chi connectivity index (χ1) is 10.6. The van der Waals surface area contributed by atoms with E-state index in [1.54, 1.807) is 11.3 Å². The van der Waals surface area contributed by atoms with Crippen molar-refractivity contribution in [2.45, 2.75) is 52.5 Å². The lowest BCUT2D eigenvalue weighted by atomic mass is 9.87. The summed E-state index contributed by atoms with van der Waals surface area (Å²) >= 11 is 1.65. The fourth-order valence-electron chi connectivity index (χ4n) is 3.34. The summed E-state index contributed by atoms with van der Waals surface area (Å²) in [6.45, 7) is 8.39. The zero-order valence-corrected chi connectivity index (χ0v) is 14.5. The highest BCUT2D eigenvalue weighted by Gasteiger charge is 2.33. The predicted octanol–water partition coefficient (Wildman–Crippen LogP) is 3.55. The van der Waals surface area contributed by atoms with Crippen molar-refractivity contribution >= 4 is 27.9 Å². The Morgan fingerprint density at radius 2 is 2.36 bits per heavy atom. The minimum absolute atomic E-state index is 0.0115. The number of thiazole rings is 1. The quantitative estimate of drug-likeness (QED) is 0.923. The van der Waals surface area contributed by atoms with Crippen molar-refractivity contribution in [1.29, 1.82) is 0 Å². The maximum atomic E-state index is 11.9. The summed E-state index contributed by atoms with van der Waals surface area (Å²) in [5, 5.41) is 3.72. The number of anilines is 1. The first kappa shape index (κ1) is 15.7. The second kappa shape index (κ2) is 6.50. The highest BCUT2D eigenvalue weighted by atomic mass is 32.1. The Labute approximate surface area is 136 Å². The summed E-state index contributed by atoms with van der Waals surface area (Å²) in [6.07, 6.45) is 6.92. The molecular formula is C17H25N3OS. The van der Waals surface area contributed by atoms with Gasteiger partial charge < -0.3 is 5.32 Å². The van der Waals surface area contributed by atoms with Crippen molar-refractivity contribution in [2.75, 3.05) is 18.4 Å². The SMILES string of the molecule is CCCN1CCC=C2c3nc(NC(=O)C(C)C)sc3CCC21. The number of aryl methyl sites for hydroxylation is 1. The fourth-order valence-corrected chi connectivity index (χ4v) is 4.34. The number of carbonyl (C=O) groups excluding carboxylic acids is 1. The third kappa shape index (κ3) is 2.97. The van der Waals surface area contributed by atoms with E-state index in [9.17, 15) is 4.79 Å². The van der Waals surface area contributed by atoms with Gasteiger partial charge in [0.15, 0.2) is 5.13 Å². The molecule has 1 N–H and O–H groups in total. The van der Waals surface area contributed by atoms with E-state index in [-0.39, 0.29) is 11.8 Å². The van der Waals surface area contributed by atoms with Gasteiger partial charge in [-0.1, -0.05) is 26.8 Å². The molecule has 5 heteroatoms. The molecule has 1 aromatic heterocycles. The van der Waals surface area contributed by atoms with Gasteiger partial charge in [0.25, 0.3) is 0 Å². The van der Waals surface area contributed by atoms with Crippen molar-refractivity contribution in [1.82, 2.24) is 9.88 Å². The molecular weight excluding hydrogens is 294 g/mol. The maximum absolute atomic E-state index is 11.9. The molecule has 0 fully saturated rings. The summed E-state index contributed by atoms with van der Waals surface area (Å²) in [7, 11) is 0. The van der Waals surface area contributed by atoms with Crippen molar-refractivity contribution < 1.29 is 4.79 Å². The highest BCUT2D eigenvalue weighted by Crippen LogP contribution is 2.40. The van der Waals surface area contributed by atoms with Crippen molar-refractivity contribution in [3.8, 4) is 0 Å². The van der Waals surface area contributed by atoms with Gasteiger partial charge in [0, 0.05) is 23.4 Å². The van der Waals surface area contributed by atoms with E-state index in [1.807, 2.05) is 13.8 Å². The van der Waals surface area contributed by atoms with Crippen LogP contribution in [0.5, 0.6) is 0 Å². The Kier molecular flexibility index (Phi) is 4.64. The van der Waals surface area contributed by atoms with E-state index in [4.69, 9.17) is 4.98 Å². The van der Waals surface area contributed by atoms with E-state index in [1.165, 1.54) is 36.4 Å². The van der Waals surface area contributed by atoms with E-state index in [0.717, 1.165) is 23.7 Å². The summed E-state index contributed by atoms with van der Waals surface area (Å²) in [5.74, 6) is 0.0375. The molecule has 1 atom stereocenters. The first-order valence-electron chi connectivity index (χ1n) is 8.35. The Morgan fingerprint density at radius 3 is 3.09 bits per heavy atom. The molecule has 1 amide bonds. The third-order valence-electron chi connectivity index (χ3n) is 4.46. The zero-order chi connectivity index (χ0) is 15.7. The molecule has 22 heavy (non-hydrogen) atoms. The van der Waals surface area contributed by atoms with Crippen LogP contribution in [0.2, 0.25) is 0 Å². The second-order valence-electron chi connectivity index (χ2n) is 6.47. The topological polar surface area (TPSA) is 45.2 Å². The van der Waals surface area contributed by atoms with Crippen LogP contribution in [0.15, 0.2) is 6.08 Å². The Bertz CT molecular complexity index is 591. The molecule has 2 heterocycles. The molecule has 2 aliphatic rings. The lowest BCUT2D eigenvalue weighted by molar-refractivity contribution is -0.118. The minimum Gasteiger partial charge on any atom is -0.302 e. The van der Waals surface area contributed by atoms with Gasteiger partial charge >= 0.3 is 0 Å². The molecule has 120 valence electrons. The first-order valence-corrected chi connectivity index (χ1v) is 9.16. The molecule has 0 spiro atoms. The Hall–Kier alpha value is -1.20. The number of carbonyl (C=O) groups is 1. The Morgan fingerprint density at radius 1 is 1.55 bits per heavy atom. The number of hydrogen-bond acceptors (Lipinski definition) is 4. The van der Waals surface area contributed by atoms with Gasteiger partial charge in [0.05, 0.1) is 5.69 Å². The van der Waals surface area contributed by atoms with Gasteiger partial charge in [0.2, 0.25) is 5.91 Å². The molecule has 1 aliphatic heterocycles. The largest absolute Gasteiger partial charge is 0.302 e. The lowest BCUT2D eigenvalue weighted by Crippen LogP contribution is -2.41. The average Bonchev–Trinajstić information content (AvgIpc) is 2.90. The summed E-state index contributed by atoms with van der Waals surface area (Å²) in [4.78, 5) is 20.6. The zero-order valence-electron chi connectivity index (χ0n) is 13.7. The number of nitrogens with zero attached hydrogens (tertiary/aromatic N) is 2. The standard InChI is InChI=1S/C17H25N3OS/c1-4-9-20-10-5-6-12-13(20)7-8-14-15(12)18-17(22-14)19-16(21)11(2)3/h6,11,13H,4-5,7-10H2,1-3H3,(H,18,19,21). The summed E-state index contributed by atoms with van der Waals surface area (Å²) < 4.78 is 0. The molecule has 3 rings (SSSR count). The van der Waals surface area contributed by atoms with E-state index in [0.29, 0.717) is 6.04 Å². The monoisotopic (exact) mass is 319 g/mol. The van der Waals surface area contributed by atoms with Crippen LogP contribution in [-0.2, 0) is 11.2 Å². The molecule has 1 unspecified atom stereocenters. The van der Waals surface area contributed by atoms with Crippen LogP contribution in [0.25, 0.3) is 5.57 Å². The van der Waals surface area contributed by atoms with Crippen LogP contribution >= 0.6 is 11.3 Å². The number of amides is 1. The molecule has 0 aromatic carbocycles. The average molecular weight is 319 g/mol. The molecule has 4 nitrogen and oxygen atoms in total. The van der Waals surface area contributed by atoms with Gasteiger partial charge in [-0.05, 0) is 37.8 Å². The van der Waals surface area contributed by atoms with Crippen LogP contribution in [-0.4, -0.2) is 34.9 Å². The van der Waals surface area contributed by atoms with Gasteiger partial charge in [-0.2, -0.15) is 0 Å². The predicted molar refractivity (Wildman–Crippen MR) is 92.1 cm³/mol. The van der Waals surface area contributed by atoms with Crippen molar-refractivity contribution in [3.63, 3.8) is 0 Å². The van der Waals surface area contributed by atoms with Crippen LogP contribution in [0.1, 0.15) is 50.6 Å². The number of hydrogen-bond donors (Lipinski definition) is 1. The number of rotatable bonds is 4. The molecule has 1 aliphatic carbocycles. The number of nitrogens with one attached hydrogen (secondary N) is 1. The molecule has 0 saturated heterocycles. The second-order valence-corrected chi connectivity index (χ2v) is 7.56. The van der Waals surface area contributed by atoms with Crippen LogP contribution in [0.4, 0.5) is 5.13 Å². The fraction of sp³-hybridized carbons (Fsp3) is 0.647. The van der Waals surface area contributed by atoms with E-state index >= 15 is 0 Å². The minimum atomic E-state index is -0.0115. The van der Waals surface area contributed by atoms with E-state index < -0.39 is 0 Å². The Balaban J connectivity index is 1.83. The van der Waals surface area contributed by atoms with Gasteiger partial charge in [-0.25, -0.2) is 4.98 Å². The highest BCUT2D eigenvalue weighted by molar-refractivity contribution is 7.16. The summed E-state index contributed by atoms with van der Waals surface area (Å²) in [5.41, 5.74) is 2.53. The van der Waals surface area contributed by atoms with Crippen LogP contribution in [0, 0.1) is 5.92 Å². The molecule has 0 radical (unpaired) electrons. The van der Waals surface area contributed by atoms with Crippen LogP contribution < -0.4 is 5.32 Å². The van der Waals surface area contributed by atoms with Crippen molar-refractivity contribution in [2.24, 2.45) is 5.92 Å². The van der Waals surface area contributed by atoms with Gasteiger partial charge in [-0.15, -0.1) is 11.3 Å². The molecule has 0 saturated carbocycles. The van der Waals surface area contributed by atoms with Crippen molar-refractivity contribution in [3.05, 3.63) is 16.6 Å². The smallest absolute Gasteiger partial charge is 0.228 e. The molecule has 1 aromatic rings. The summed E-state index contributed by atoms with van der Waals surface area (Å²) in [6, 6.07) is 0.525. The molecule has 0 bridgehead atoms. The van der Waals surface area contributed by atoms with E-state index in [2.05, 4.69) is 23.2 Å². The third-order valence-corrected chi connectivity index (χ3v) is 5.49.